The summed E-state index contributed by atoms with van der Waals surface area (Å²) in [5.74, 6) is -0.0170. The van der Waals surface area contributed by atoms with Crippen LogP contribution in [0.3, 0.4) is 0 Å². The van der Waals surface area contributed by atoms with Gasteiger partial charge in [-0.15, -0.1) is 0 Å². The van der Waals surface area contributed by atoms with Crippen molar-refractivity contribution in [2.45, 2.75) is 50.5 Å². The van der Waals surface area contributed by atoms with Crippen molar-refractivity contribution < 1.29 is 39.1 Å². The highest BCUT2D eigenvalue weighted by Gasteiger charge is 2.44. The van der Waals surface area contributed by atoms with E-state index >= 15 is 0 Å². The Labute approximate surface area is 139 Å². The van der Waals surface area contributed by atoms with Gasteiger partial charge in [-0.1, -0.05) is 6.92 Å². The first-order valence-electron chi connectivity index (χ1n) is 7.91. The summed E-state index contributed by atoms with van der Waals surface area (Å²) in [4.78, 5) is 11.9. The standard InChI is InChI=1S/C16H24O8/c1-9(2-3-11(18)10-4-5-22-8-10)7-23-16-15(21)14(20)13(19)12(6-17)24-16/h4-5,8-9,12-17,19-21H,2-3,6-7H2,1H3. The quantitative estimate of drug-likeness (QED) is 0.473. The second-order valence-corrected chi connectivity index (χ2v) is 6.11. The number of furan rings is 1. The molecule has 6 atom stereocenters. The first-order chi connectivity index (χ1) is 11.4. The van der Waals surface area contributed by atoms with Crippen LogP contribution in [0.25, 0.3) is 0 Å². The summed E-state index contributed by atoms with van der Waals surface area (Å²) >= 11 is 0. The summed E-state index contributed by atoms with van der Waals surface area (Å²) in [6, 6.07) is 1.61. The number of aliphatic hydroxyl groups is 4. The number of carbonyl (C=O) groups excluding carboxylic acids is 1. The molecule has 0 aromatic carbocycles. The maximum Gasteiger partial charge on any atom is 0.186 e. The Morgan fingerprint density at radius 2 is 2.04 bits per heavy atom. The molecule has 1 aliphatic rings. The van der Waals surface area contributed by atoms with Crippen LogP contribution in [0.2, 0.25) is 0 Å². The predicted octanol–water partition coefficient (Wildman–Crippen LogP) is -0.305. The highest BCUT2D eigenvalue weighted by atomic mass is 16.7. The monoisotopic (exact) mass is 344 g/mol. The van der Waals surface area contributed by atoms with Crippen LogP contribution in [-0.2, 0) is 9.47 Å². The molecule has 0 spiro atoms. The van der Waals surface area contributed by atoms with Crippen LogP contribution in [0.5, 0.6) is 0 Å². The van der Waals surface area contributed by atoms with Crippen molar-refractivity contribution >= 4 is 5.78 Å². The van der Waals surface area contributed by atoms with E-state index in [4.69, 9.17) is 19.0 Å². The lowest BCUT2D eigenvalue weighted by atomic mass is 9.99. The zero-order valence-electron chi connectivity index (χ0n) is 13.4. The zero-order valence-corrected chi connectivity index (χ0v) is 13.4. The summed E-state index contributed by atoms with van der Waals surface area (Å²) in [5, 5.41) is 38.4. The van der Waals surface area contributed by atoms with Crippen molar-refractivity contribution in [2.24, 2.45) is 5.92 Å². The molecule has 136 valence electrons. The van der Waals surface area contributed by atoms with E-state index in [1.54, 1.807) is 6.07 Å². The zero-order chi connectivity index (χ0) is 17.7. The molecule has 1 aromatic heterocycles. The lowest BCUT2D eigenvalue weighted by molar-refractivity contribution is -0.303. The van der Waals surface area contributed by atoms with Gasteiger partial charge in [-0.2, -0.15) is 0 Å². The van der Waals surface area contributed by atoms with Crippen molar-refractivity contribution in [3.05, 3.63) is 24.2 Å². The van der Waals surface area contributed by atoms with E-state index in [9.17, 15) is 20.1 Å². The number of hydrogen-bond acceptors (Lipinski definition) is 8. The number of ketones is 1. The molecule has 2 rings (SSSR count). The van der Waals surface area contributed by atoms with E-state index in [1.165, 1.54) is 12.5 Å². The second kappa shape index (κ2) is 8.70. The van der Waals surface area contributed by atoms with Gasteiger partial charge < -0.3 is 34.3 Å². The fourth-order valence-corrected chi connectivity index (χ4v) is 2.49. The fraction of sp³-hybridized carbons (Fsp3) is 0.688. The minimum Gasteiger partial charge on any atom is -0.472 e. The van der Waals surface area contributed by atoms with Gasteiger partial charge in [0.25, 0.3) is 0 Å². The molecule has 0 amide bonds. The minimum atomic E-state index is -1.46. The number of carbonyl (C=O) groups is 1. The number of aliphatic hydroxyl groups excluding tert-OH is 4. The average molecular weight is 344 g/mol. The number of ether oxygens (including phenoxy) is 2. The Bertz CT molecular complexity index is 500. The van der Waals surface area contributed by atoms with Gasteiger partial charge in [-0.25, -0.2) is 0 Å². The maximum absolute atomic E-state index is 11.9. The summed E-state index contributed by atoms with van der Waals surface area (Å²) < 4.78 is 15.6. The van der Waals surface area contributed by atoms with E-state index in [0.717, 1.165) is 0 Å². The summed E-state index contributed by atoms with van der Waals surface area (Å²) in [6.45, 7) is 1.58. The van der Waals surface area contributed by atoms with E-state index in [-0.39, 0.29) is 18.3 Å². The molecule has 0 radical (unpaired) electrons. The minimum absolute atomic E-state index is 0.00761. The number of rotatable bonds is 8. The van der Waals surface area contributed by atoms with Crippen LogP contribution in [0.15, 0.2) is 23.0 Å². The van der Waals surface area contributed by atoms with Crippen molar-refractivity contribution in [1.29, 1.82) is 0 Å². The third kappa shape index (κ3) is 4.62. The van der Waals surface area contributed by atoms with Crippen LogP contribution in [0, 0.1) is 5.92 Å². The van der Waals surface area contributed by atoms with Crippen LogP contribution >= 0.6 is 0 Å². The van der Waals surface area contributed by atoms with Crippen LogP contribution in [0.4, 0.5) is 0 Å². The summed E-state index contributed by atoms with van der Waals surface area (Å²) in [5.41, 5.74) is 0.525. The van der Waals surface area contributed by atoms with Crippen molar-refractivity contribution in [3.8, 4) is 0 Å². The first-order valence-corrected chi connectivity index (χ1v) is 7.91. The summed E-state index contributed by atoms with van der Waals surface area (Å²) in [6.07, 6.45) is -2.67. The third-order valence-corrected chi connectivity index (χ3v) is 4.10. The van der Waals surface area contributed by atoms with E-state index < -0.39 is 37.3 Å². The molecule has 0 aliphatic carbocycles. The average Bonchev–Trinajstić information content (AvgIpc) is 3.11. The molecule has 0 bridgehead atoms. The number of hydrogen-bond donors (Lipinski definition) is 4. The van der Waals surface area contributed by atoms with Gasteiger partial charge in [0.2, 0.25) is 0 Å². The molecule has 8 heteroatoms. The Balaban J connectivity index is 1.76. The molecule has 6 unspecified atom stereocenters. The largest absolute Gasteiger partial charge is 0.472 e. The SMILES string of the molecule is CC(CCC(=O)c1ccoc1)COC1OC(CO)C(O)C(O)C1O. The Morgan fingerprint density at radius 1 is 1.29 bits per heavy atom. The highest BCUT2D eigenvalue weighted by Crippen LogP contribution is 2.23. The van der Waals surface area contributed by atoms with Crippen LogP contribution in [-0.4, -0.2) is 70.1 Å². The molecule has 1 saturated heterocycles. The van der Waals surface area contributed by atoms with Crippen LogP contribution < -0.4 is 0 Å². The van der Waals surface area contributed by atoms with Gasteiger partial charge in [0.15, 0.2) is 12.1 Å². The Kier molecular flexibility index (Phi) is 6.90. The second-order valence-electron chi connectivity index (χ2n) is 6.11. The molecule has 2 heterocycles. The molecule has 1 aliphatic heterocycles. The molecule has 8 nitrogen and oxygen atoms in total. The molecule has 24 heavy (non-hydrogen) atoms. The van der Waals surface area contributed by atoms with Crippen LogP contribution in [0.1, 0.15) is 30.1 Å². The van der Waals surface area contributed by atoms with Crippen molar-refractivity contribution in [2.75, 3.05) is 13.2 Å². The molecule has 0 saturated carbocycles. The molecule has 4 N–H and O–H groups in total. The van der Waals surface area contributed by atoms with E-state index in [1.807, 2.05) is 6.92 Å². The molecule has 1 aromatic rings. The van der Waals surface area contributed by atoms with E-state index in [2.05, 4.69) is 0 Å². The Hall–Kier alpha value is -1.29. The topological polar surface area (TPSA) is 130 Å². The lowest BCUT2D eigenvalue weighted by Gasteiger charge is -2.39. The van der Waals surface area contributed by atoms with Crippen molar-refractivity contribution in [1.82, 2.24) is 0 Å². The van der Waals surface area contributed by atoms with Gasteiger partial charge in [-0.3, -0.25) is 4.79 Å². The third-order valence-electron chi connectivity index (χ3n) is 4.10. The smallest absolute Gasteiger partial charge is 0.186 e. The molecular formula is C16H24O8. The molecule has 1 fully saturated rings. The van der Waals surface area contributed by atoms with Gasteiger partial charge in [0, 0.05) is 6.42 Å². The lowest BCUT2D eigenvalue weighted by Crippen LogP contribution is -2.59. The summed E-state index contributed by atoms with van der Waals surface area (Å²) in [7, 11) is 0. The molecular weight excluding hydrogens is 320 g/mol. The first kappa shape index (κ1) is 19.0. The maximum atomic E-state index is 11.9. The normalized spacial score (nSPS) is 31.8. The van der Waals surface area contributed by atoms with Gasteiger partial charge in [0.1, 0.15) is 30.7 Å². The number of Topliss-reactive ketones (excluding diaryl/α,β-unsaturated/α-hetero) is 1. The van der Waals surface area contributed by atoms with Gasteiger partial charge >= 0.3 is 0 Å². The highest BCUT2D eigenvalue weighted by molar-refractivity contribution is 5.95. The predicted molar refractivity (Wildman–Crippen MR) is 81.2 cm³/mol. The fourth-order valence-electron chi connectivity index (χ4n) is 2.49. The van der Waals surface area contributed by atoms with Gasteiger partial charge in [-0.05, 0) is 18.4 Å². The van der Waals surface area contributed by atoms with Crippen molar-refractivity contribution in [3.63, 3.8) is 0 Å². The van der Waals surface area contributed by atoms with Gasteiger partial charge in [0.05, 0.1) is 25.0 Å². The Morgan fingerprint density at radius 3 is 2.67 bits per heavy atom. The van der Waals surface area contributed by atoms with E-state index in [0.29, 0.717) is 18.4 Å².